The van der Waals surface area contributed by atoms with Crippen molar-refractivity contribution >= 4 is 0 Å². The van der Waals surface area contributed by atoms with E-state index >= 15 is 0 Å². The lowest BCUT2D eigenvalue weighted by Gasteiger charge is -2.33. The summed E-state index contributed by atoms with van der Waals surface area (Å²) in [5.74, 6) is 0.913. The van der Waals surface area contributed by atoms with Crippen molar-refractivity contribution in [3.63, 3.8) is 0 Å². The Morgan fingerprint density at radius 1 is 0.938 bits per heavy atom. The van der Waals surface area contributed by atoms with Crippen LogP contribution in [0.15, 0.2) is 0 Å². The van der Waals surface area contributed by atoms with Crippen LogP contribution in [0.3, 0.4) is 0 Å². The van der Waals surface area contributed by atoms with Gasteiger partial charge >= 0.3 is 0 Å². The lowest BCUT2D eigenvalue weighted by molar-refractivity contribution is 0.148. The molecule has 2 fully saturated rings. The molecule has 1 saturated carbocycles. The van der Waals surface area contributed by atoms with Crippen LogP contribution < -0.4 is 5.32 Å². The Labute approximate surface area is 101 Å². The second kappa shape index (κ2) is 6.02. The summed E-state index contributed by atoms with van der Waals surface area (Å²) in [6, 6.07) is 1.58. The van der Waals surface area contributed by atoms with Crippen LogP contribution in [-0.4, -0.2) is 36.6 Å². The van der Waals surface area contributed by atoms with Crippen molar-refractivity contribution in [3.8, 4) is 0 Å². The van der Waals surface area contributed by atoms with Gasteiger partial charge < -0.3 is 5.32 Å². The third kappa shape index (κ3) is 3.21. The molecule has 0 aromatic rings. The van der Waals surface area contributed by atoms with E-state index in [9.17, 15) is 0 Å². The first kappa shape index (κ1) is 12.4. The standard InChI is InChI=1S/C14H28N2/c1-12-6-4-3-5-7-14(12)16-10-8-13(2)15-9-11-16/h12-15H,3-11H2,1-2H3. The smallest absolute Gasteiger partial charge is 0.0121 e. The van der Waals surface area contributed by atoms with Crippen LogP contribution in [-0.2, 0) is 0 Å². The van der Waals surface area contributed by atoms with Crippen LogP contribution >= 0.6 is 0 Å². The third-order valence-electron chi connectivity index (χ3n) is 4.53. The van der Waals surface area contributed by atoms with E-state index in [1.54, 1.807) is 0 Å². The summed E-state index contributed by atoms with van der Waals surface area (Å²) in [5.41, 5.74) is 0. The van der Waals surface area contributed by atoms with Gasteiger partial charge in [0.2, 0.25) is 0 Å². The van der Waals surface area contributed by atoms with Crippen LogP contribution in [0.5, 0.6) is 0 Å². The van der Waals surface area contributed by atoms with Crippen molar-refractivity contribution in [2.24, 2.45) is 5.92 Å². The number of nitrogens with zero attached hydrogens (tertiary/aromatic N) is 1. The molecule has 0 aromatic carbocycles. The minimum atomic E-state index is 0.714. The molecule has 1 heterocycles. The minimum Gasteiger partial charge on any atom is -0.313 e. The van der Waals surface area contributed by atoms with Gasteiger partial charge in [-0.3, -0.25) is 4.90 Å². The lowest BCUT2D eigenvalue weighted by atomic mass is 9.95. The van der Waals surface area contributed by atoms with Gasteiger partial charge in [0.15, 0.2) is 0 Å². The minimum absolute atomic E-state index is 0.714. The molecule has 16 heavy (non-hydrogen) atoms. The quantitative estimate of drug-likeness (QED) is 0.689. The van der Waals surface area contributed by atoms with Crippen LogP contribution in [0.2, 0.25) is 0 Å². The molecule has 1 N–H and O–H groups in total. The highest BCUT2D eigenvalue weighted by molar-refractivity contribution is 4.83. The average molecular weight is 224 g/mol. The van der Waals surface area contributed by atoms with Gasteiger partial charge in [-0.15, -0.1) is 0 Å². The molecule has 94 valence electrons. The Hall–Kier alpha value is -0.0800. The summed E-state index contributed by atoms with van der Waals surface area (Å²) in [6.45, 7) is 8.55. The summed E-state index contributed by atoms with van der Waals surface area (Å²) in [5, 5.41) is 3.60. The summed E-state index contributed by atoms with van der Waals surface area (Å²) < 4.78 is 0. The number of rotatable bonds is 1. The van der Waals surface area contributed by atoms with Gasteiger partial charge in [0.05, 0.1) is 0 Å². The van der Waals surface area contributed by atoms with E-state index in [2.05, 4.69) is 24.1 Å². The lowest BCUT2D eigenvalue weighted by Crippen LogP contribution is -2.41. The number of hydrogen-bond acceptors (Lipinski definition) is 2. The van der Waals surface area contributed by atoms with Gasteiger partial charge in [-0.25, -0.2) is 0 Å². The van der Waals surface area contributed by atoms with E-state index in [4.69, 9.17) is 0 Å². The van der Waals surface area contributed by atoms with Crippen molar-refractivity contribution < 1.29 is 0 Å². The normalized spacial score (nSPS) is 39.0. The van der Waals surface area contributed by atoms with E-state index < -0.39 is 0 Å². The van der Waals surface area contributed by atoms with Crippen LogP contribution in [0, 0.1) is 5.92 Å². The molecule has 0 radical (unpaired) electrons. The number of hydrogen-bond donors (Lipinski definition) is 1. The molecule has 2 heteroatoms. The van der Waals surface area contributed by atoms with E-state index in [1.165, 1.54) is 58.2 Å². The molecule has 1 aliphatic carbocycles. The average Bonchev–Trinajstić information content (AvgIpc) is 2.59. The van der Waals surface area contributed by atoms with Crippen molar-refractivity contribution in [1.29, 1.82) is 0 Å². The van der Waals surface area contributed by atoms with E-state index in [-0.39, 0.29) is 0 Å². The number of nitrogens with one attached hydrogen (secondary N) is 1. The third-order valence-corrected chi connectivity index (χ3v) is 4.53. The van der Waals surface area contributed by atoms with Gasteiger partial charge in [-0.2, -0.15) is 0 Å². The van der Waals surface area contributed by atoms with Gasteiger partial charge in [0.25, 0.3) is 0 Å². The molecule has 3 atom stereocenters. The molecule has 0 bridgehead atoms. The molecule has 2 nitrogen and oxygen atoms in total. The summed E-state index contributed by atoms with van der Waals surface area (Å²) in [4.78, 5) is 2.77. The highest BCUT2D eigenvalue weighted by Crippen LogP contribution is 2.27. The van der Waals surface area contributed by atoms with Crippen molar-refractivity contribution in [2.45, 2.75) is 64.5 Å². The van der Waals surface area contributed by atoms with Gasteiger partial charge in [-0.05, 0) is 38.6 Å². The fraction of sp³-hybridized carbons (Fsp3) is 1.00. The largest absolute Gasteiger partial charge is 0.313 e. The van der Waals surface area contributed by atoms with E-state index in [0.29, 0.717) is 6.04 Å². The zero-order valence-corrected chi connectivity index (χ0v) is 11.0. The predicted molar refractivity (Wildman–Crippen MR) is 69.7 cm³/mol. The topological polar surface area (TPSA) is 15.3 Å². The predicted octanol–water partition coefficient (Wildman–Crippen LogP) is 2.64. The summed E-state index contributed by atoms with van der Waals surface area (Å²) in [6.07, 6.45) is 8.58. The molecule has 3 unspecified atom stereocenters. The van der Waals surface area contributed by atoms with Gasteiger partial charge in [0, 0.05) is 25.2 Å². The SMILES string of the molecule is CC1CCN(C2CCCCCC2C)CCN1. The van der Waals surface area contributed by atoms with E-state index in [1.807, 2.05) is 0 Å². The zero-order valence-electron chi connectivity index (χ0n) is 11.0. The molecular weight excluding hydrogens is 196 g/mol. The second-order valence-corrected chi connectivity index (χ2v) is 5.86. The fourth-order valence-corrected chi connectivity index (χ4v) is 3.38. The maximum absolute atomic E-state index is 3.60. The van der Waals surface area contributed by atoms with Crippen molar-refractivity contribution in [1.82, 2.24) is 10.2 Å². The maximum atomic E-state index is 3.60. The molecule has 1 saturated heterocycles. The first-order chi connectivity index (χ1) is 7.77. The highest BCUT2D eigenvalue weighted by atomic mass is 15.2. The Kier molecular flexibility index (Phi) is 4.66. The molecular formula is C14H28N2. The molecule has 0 aromatic heterocycles. The Balaban J connectivity index is 1.93. The summed E-state index contributed by atoms with van der Waals surface area (Å²) in [7, 11) is 0. The molecule has 1 aliphatic heterocycles. The first-order valence-corrected chi connectivity index (χ1v) is 7.25. The molecule has 2 aliphatic rings. The Bertz CT molecular complexity index is 205. The van der Waals surface area contributed by atoms with Crippen LogP contribution in [0.1, 0.15) is 52.4 Å². The molecule has 2 rings (SSSR count). The van der Waals surface area contributed by atoms with Crippen LogP contribution in [0.25, 0.3) is 0 Å². The van der Waals surface area contributed by atoms with E-state index in [0.717, 1.165) is 12.0 Å². The second-order valence-electron chi connectivity index (χ2n) is 5.86. The highest BCUT2D eigenvalue weighted by Gasteiger charge is 2.26. The fourth-order valence-electron chi connectivity index (χ4n) is 3.38. The molecule has 0 spiro atoms. The Morgan fingerprint density at radius 2 is 1.75 bits per heavy atom. The first-order valence-electron chi connectivity index (χ1n) is 7.25. The van der Waals surface area contributed by atoms with Gasteiger partial charge in [0.1, 0.15) is 0 Å². The van der Waals surface area contributed by atoms with Gasteiger partial charge in [-0.1, -0.05) is 26.2 Å². The maximum Gasteiger partial charge on any atom is 0.0121 e. The molecule has 0 amide bonds. The Morgan fingerprint density at radius 3 is 2.62 bits per heavy atom. The summed E-state index contributed by atoms with van der Waals surface area (Å²) >= 11 is 0. The van der Waals surface area contributed by atoms with Crippen molar-refractivity contribution in [3.05, 3.63) is 0 Å². The monoisotopic (exact) mass is 224 g/mol. The van der Waals surface area contributed by atoms with Crippen molar-refractivity contribution in [2.75, 3.05) is 19.6 Å². The van der Waals surface area contributed by atoms with Crippen LogP contribution in [0.4, 0.5) is 0 Å². The zero-order chi connectivity index (χ0) is 11.4.